The molecule has 7 nitrogen and oxygen atoms in total. The van der Waals surface area contributed by atoms with Gasteiger partial charge in [-0.2, -0.15) is 39.3 Å². The number of para-hydroxylation sites is 2. The van der Waals surface area contributed by atoms with E-state index in [2.05, 4.69) is 4.18 Å². The highest BCUT2D eigenvalue weighted by Crippen LogP contribution is 2.24. The van der Waals surface area contributed by atoms with Crippen LogP contribution in [0.5, 0.6) is 0 Å². The summed E-state index contributed by atoms with van der Waals surface area (Å²) < 4.78 is 124. The van der Waals surface area contributed by atoms with Crippen LogP contribution in [0, 0.1) is 0 Å². The first-order valence-electron chi connectivity index (χ1n) is 8.33. The number of nitrogens with zero attached hydrogens (tertiary/aromatic N) is 1. The van der Waals surface area contributed by atoms with E-state index in [-0.39, 0.29) is 6.54 Å². The Morgan fingerprint density at radius 2 is 1.19 bits per heavy atom. The maximum Gasteiger partial charge on any atom is 0.523 e. The standard InChI is InChI=1S/C16H13F3NO3S.CHF3O3S/c17-16(18,19)24(21,22)23-10-9-20-14-7-3-1-5-12(14)11-13-6-2-4-8-15(13)20;2-1(3,4)8(5,6)7/h1-8,11H,9-10H2;(H,5,6,7)/q+1;/p-1. The smallest absolute Gasteiger partial charge is 0.523 e. The van der Waals surface area contributed by atoms with Gasteiger partial charge in [0.15, 0.2) is 16.7 Å². The minimum Gasteiger partial charge on any atom is -0.741 e. The molecule has 0 spiro atoms. The summed E-state index contributed by atoms with van der Waals surface area (Å²) in [6, 6.07) is 16.7. The number of aromatic nitrogens is 1. The zero-order valence-electron chi connectivity index (χ0n) is 15.6. The van der Waals surface area contributed by atoms with Crippen LogP contribution in [0.1, 0.15) is 0 Å². The van der Waals surface area contributed by atoms with Gasteiger partial charge in [0.25, 0.3) is 0 Å². The average molecular weight is 505 g/mol. The molecular weight excluding hydrogens is 492 g/mol. The zero-order chi connectivity index (χ0) is 24.4. The topological polar surface area (TPSA) is 104 Å². The van der Waals surface area contributed by atoms with E-state index >= 15 is 0 Å². The van der Waals surface area contributed by atoms with Gasteiger partial charge in [-0.3, -0.25) is 4.18 Å². The fourth-order valence-corrected chi connectivity index (χ4v) is 2.98. The highest BCUT2D eigenvalue weighted by Gasteiger charge is 2.47. The van der Waals surface area contributed by atoms with Gasteiger partial charge in [-0.25, -0.2) is 8.42 Å². The molecule has 0 unspecified atom stereocenters. The molecule has 15 heteroatoms. The van der Waals surface area contributed by atoms with Crippen molar-refractivity contribution >= 4 is 42.0 Å². The zero-order valence-corrected chi connectivity index (χ0v) is 17.2. The molecular formula is C17H13F6NO6S2. The number of halogens is 6. The van der Waals surface area contributed by atoms with E-state index in [0.29, 0.717) is 0 Å². The van der Waals surface area contributed by atoms with Gasteiger partial charge in [0, 0.05) is 22.9 Å². The van der Waals surface area contributed by atoms with Crippen molar-refractivity contribution in [2.45, 2.75) is 17.6 Å². The molecule has 0 bridgehead atoms. The van der Waals surface area contributed by atoms with Crippen molar-refractivity contribution < 1.29 is 56.5 Å². The molecule has 0 saturated carbocycles. The Morgan fingerprint density at radius 3 is 1.56 bits per heavy atom. The lowest BCUT2D eigenvalue weighted by Crippen LogP contribution is -2.39. The number of fused-ring (bicyclic) bond motifs is 2. The SMILES string of the molecule is O=S(=O)(OCC[n+]1c2ccccc2cc2ccccc21)C(F)(F)F.O=S(=O)([O-])C(F)(F)F. The van der Waals surface area contributed by atoms with Crippen LogP contribution in [0.3, 0.4) is 0 Å². The van der Waals surface area contributed by atoms with E-state index in [1.165, 1.54) is 0 Å². The summed E-state index contributed by atoms with van der Waals surface area (Å²) in [6.45, 7) is -0.637. The third-order valence-electron chi connectivity index (χ3n) is 3.89. The van der Waals surface area contributed by atoms with E-state index in [9.17, 15) is 34.8 Å². The van der Waals surface area contributed by atoms with Crippen LogP contribution in [0.25, 0.3) is 21.8 Å². The van der Waals surface area contributed by atoms with Gasteiger partial charge in [0.05, 0.1) is 0 Å². The molecule has 0 aliphatic heterocycles. The second kappa shape index (κ2) is 9.17. The second-order valence-corrected chi connectivity index (χ2v) is 9.01. The van der Waals surface area contributed by atoms with E-state index in [1.54, 1.807) is 16.7 Å². The summed E-state index contributed by atoms with van der Waals surface area (Å²) in [4.78, 5) is 0. The van der Waals surface area contributed by atoms with Gasteiger partial charge < -0.3 is 4.55 Å². The quantitative estimate of drug-likeness (QED) is 0.135. The molecule has 0 amide bonds. The minimum absolute atomic E-state index is 0.0306. The van der Waals surface area contributed by atoms with Crippen molar-refractivity contribution in [2.24, 2.45) is 0 Å². The Morgan fingerprint density at radius 1 is 0.781 bits per heavy atom. The highest BCUT2D eigenvalue weighted by atomic mass is 32.2. The summed E-state index contributed by atoms with van der Waals surface area (Å²) >= 11 is 0. The summed E-state index contributed by atoms with van der Waals surface area (Å²) in [5.74, 6) is 0. The largest absolute Gasteiger partial charge is 0.741 e. The maximum absolute atomic E-state index is 12.3. The first-order valence-corrected chi connectivity index (χ1v) is 11.1. The normalized spacial score (nSPS) is 13.1. The van der Waals surface area contributed by atoms with Crippen LogP contribution in [0.2, 0.25) is 0 Å². The molecule has 0 saturated heterocycles. The van der Waals surface area contributed by atoms with Gasteiger partial charge in [-0.15, -0.1) is 0 Å². The summed E-state index contributed by atoms with van der Waals surface area (Å²) in [5, 5.41) is 1.80. The second-order valence-electron chi connectivity index (χ2n) is 6.04. The summed E-state index contributed by atoms with van der Waals surface area (Å²) in [6.07, 6.45) is 0. The number of rotatable bonds is 4. The molecule has 2 aromatic carbocycles. The number of hydrogen-bond donors (Lipinski definition) is 0. The van der Waals surface area contributed by atoms with E-state index in [4.69, 9.17) is 13.0 Å². The summed E-state index contributed by atoms with van der Waals surface area (Å²) in [7, 11) is -11.7. The monoisotopic (exact) mass is 505 g/mol. The van der Waals surface area contributed by atoms with Crippen LogP contribution in [-0.2, 0) is 31.0 Å². The van der Waals surface area contributed by atoms with Crippen molar-refractivity contribution in [1.29, 1.82) is 0 Å². The van der Waals surface area contributed by atoms with Crippen LogP contribution >= 0.6 is 0 Å². The van der Waals surface area contributed by atoms with Crippen molar-refractivity contribution in [3.63, 3.8) is 0 Å². The lowest BCUT2D eigenvalue weighted by Gasteiger charge is -2.08. The molecule has 1 heterocycles. The predicted octanol–water partition coefficient (Wildman–Crippen LogP) is 3.20. The maximum atomic E-state index is 12.3. The molecule has 32 heavy (non-hydrogen) atoms. The molecule has 3 aromatic rings. The lowest BCUT2D eigenvalue weighted by molar-refractivity contribution is -0.646. The Hall–Kier alpha value is -2.49. The van der Waals surface area contributed by atoms with Crippen molar-refractivity contribution in [2.75, 3.05) is 6.61 Å². The average Bonchev–Trinajstić information content (AvgIpc) is 2.65. The molecule has 0 aliphatic carbocycles. The molecule has 176 valence electrons. The Bertz CT molecular complexity index is 1270. The fraction of sp³-hybridized carbons (Fsp3) is 0.235. The van der Waals surface area contributed by atoms with Crippen molar-refractivity contribution in [3.05, 3.63) is 54.6 Å². The molecule has 0 N–H and O–H groups in total. The van der Waals surface area contributed by atoms with Gasteiger partial charge in [0.2, 0.25) is 11.0 Å². The van der Waals surface area contributed by atoms with E-state index in [1.807, 2.05) is 42.5 Å². The van der Waals surface area contributed by atoms with Gasteiger partial charge >= 0.3 is 21.1 Å². The van der Waals surface area contributed by atoms with Gasteiger partial charge in [-0.1, -0.05) is 24.3 Å². The molecule has 0 fully saturated rings. The third-order valence-corrected chi connectivity index (χ3v) is 5.50. The predicted molar refractivity (Wildman–Crippen MR) is 98.3 cm³/mol. The molecule has 1 aromatic heterocycles. The van der Waals surface area contributed by atoms with Crippen LogP contribution < -0.4 is 4.57 Å². The first-order chi connectivity index (χ1) is 14.5. The van der Waals surface area contributed by atoms with Crippen molar-refractivity contribution in [3.8, 4) is 0 Å². The van der Waals surface area contributed by atoms with E-state index in [0.717, 1.165) is 21.8 Å². The Kier molecular flexibility index (Phi) is 7.38. The number of alkyl halides is 6. The van der Waals surface area contributed by atoms with Gasteiger partial charge in [-0.05, 0) is 18.2 Å². The molecule has 0 aliphatic rings. The van der Waals surface area contributed by atoms with Crippen molar-refractivity contribution in [1.82, 2.24) is 0 Å². The Balaban J connectivity index is 0.000000390. The highest BCUT2D eigenvalue weighted by molar-refractivity contribution is 7.87. The Labute approximate surface area is 177 Å². The number of hydrogen-bond acceptors (Lipinski definition) is 6. The van der Waals surface area contributed by atoms with Crippen LogP contribution in [0.15, 0.2) is 54.6 Å². The van der Waals surface area contributed by atoms with Crippen LogP contribution in [-0.4, -0.2) is 39.0 Å². The third kappa shape index (κ3) is 6.05. The number of pyridine rings is 1. The molecule has 0 atom stereocenters. The van der Waals surface area contributed by atoms with E-state index < -0.39 is 37.9 Å². The summed E-state index contributed by atoms with van der Waals surface area (Å²) in [5.41, 5.74) is -9.50. The minimum atomic E-state index is -6.09. The first kappa shape index (κ1) is 25.8. The number of benzene rings is 2. The van der Waals surface area contributed by atoms with Crippen LogP contribution in [0.4, 0.5) is 26.3 Å². The fourth-order valence-electron chi connectivity index (χ4n) is 2.55. The molecule has 3 rings (SSSR count). The van der Waals surface area contributed by atoms with Gasteiger partial charge in [0.1, 0.15) is 6.61 Å². The lowest BCUT2D eigenvalue weighted by atomic mass is 10.1. The molecule has 0 radical (unpaired) electrons.